The van der Waals surface area contributed by atoms with E-state index in [9.17, 15) is 5.11 Å². The number of rotatable bonds is 12. The van der Waals surface area contributed by atoms with E-state index in [2.05, 4.69) is 11.3 Å². The summed E-state index contributed by atoms with van der Waals surface area (Å²) < 4.78 is 19.4. The lowest BCUT2D eigenvalue weighted by Gasteiger charge is -2.06. The first-order chi connectivity index (χ1) is 9.61. The van der Waals surface area contributed by atoms with E-state index in [0.717, 1.165) is 0 Å². The highest BCUT2D eigenvalue weighted by Gasteiger charge is 2.01. The average Bonchev–Trinajstić information content (AvgIpc) is 2.43. The molecule has 0 aliphatic rings. The van der Waals surface area contributed by atoms with Gasteiger partial charge in [-0.05, 0) is 6.08 Å². The van der Waals surface area contributed by atoms with Crippen molar-refractivity contribution in [2.75, 3.05) is 40.2 Å². The SMILES string of the molecule is C=C(O)/C(O)=C\C(=C/OCOCCOCO)COCO. The van der Waals surface area contributed by atoms with Crippen molar-refractivity contribution in [2.24, 2.45) is 0 Å². The summed E-state index contributed by atoms with van der Waals surface area (Å²) >= 11 is 0. The molecule has 0 radical (unpaired) electrons. The van der Waals surface area contributed by atoms with Crippen molar-refractivity contribution < 1.29 is 39.4 Å². The zero-order valence-corrected chi connectivity index (χ0v) is 11.0. The Labute approximate surface area is 116 Å². The molecule has 0 unspecified atom stereocenters. The van der Waals surface area contributed by atoms with Crippen molar-refractivity contribution in [3.8, 4) is 0 Å². The van der Waals surface area contributed by atoms with E-state index < -0.39 is 18.3 Å². The molecule has 0 rings (SSSR count). The van der Waals surface area contributed by atoms with Crippen molar-refractivity contribution in [1.82, 2.24) is 0 Å². The minimum Gasteiger partial charge on any atom is -0.505 e. The molecule has 0 heterocycles. The number of ether oxygens (including phenoxy) is 4. The van der Waals surface area contributed by atoms with E-state index in [4.69, 9.17) is 29.5 Å². The molecule has 0 spiro atoms. The van der Waals surface area contributed by atoms with Crippen LogP contribution in [-0.2, 0) is 18.9 Å². The number of hydrogen-bond acceptors (Lipinski definition) is 8. The third-order valence-corrected chi connectivity index (χ3v) is 1.83. The van der Waals surface area contributed by atoms with Gasteiger partial charge < -0.3 is 39.4 Å². The Kier molecular flexibility index (Phi) is 11.5. The van der Waals surface area contributed by atoms with Crippen molar-refractivity contribution >= 4 is 0 Å². The van der Waals surface area contributed by atoms with Gasteiger partial charge in [-0.3, -0.25) is 0 Å². The first-order valence-corrected chi connectivity index (χ1v) is 5.66. The highest BCUT2D eigenvalue weighted by Crippen LogP contribution is 2.07. The molecule has 8 nitrogen and oxygen atoms in total. The fourth-order valence-electron chi connectivity index (χ4n) is 0.963. The summed E-state index contributed by atoms with van der Waals surface area (Å²) in [6.07, 6.45) is 2.41. The van der Waals surface area contributed by atoms with Crippen LogP contribution >= 0.6 is 0 Å². The van der Waals surface area contributed by atoms with Gasteiger partial charge in [-0.15, -0.1) is 0 Å². The Morgan fingerprint density at radius 1 is 1.00 bits per heavy atom. The Morgan fingerprint density at radius 2 is 1.65 bits per heavy atom. The van der Waals surface area contributed by atoms with Crippen LogP contribution in [0.15, 0.2) is 36.0 Å². The molecular weight excluding hydrogens is 272 g/mol. The summed E-state index contributed by atoms with van der Waals surface area (Å²) in [5.41, 5.74) is 0.349. The van der Waals surface area contributed by atoms with Crippen molar-refractivity contribution in [3.63, 3.8) is 0 Å². The maximum atomic E-state index is 9.32. The molecule has 0 atom stereocenters. The molecule has 0 fully saturated rings. The van der Waals surface area contributed by atoms with Gasteiger partial charge in [0.25, 0.3) is 0 Å². The summed E-state index contributed by atoms with van der Waals surface area (Å²) in [4.78, 5) is 0. The van der Waals surface area contributed by atoms with Crippen LogP contribution in [0.3, 0.4) is 0 Å². The Hall–Kier alpha value is -1.58. The summed E-state index contributed by atoms with van der Waals surface area (Å²) in [5.74, 6) is -0.948. The molecule has 0 aliphatic heterocycles. The summed E-state index contributed by atoms with van der Waals surface area (Å²) in [6, 6.07) is 0. The monoisotopic (exact) mass is 292 g/mol. The van der Waals surface area contributed by atoms with Gasteiger partial charge in [-0.1, -0.05) is 6.58 Å². The maximum Gasteiger partial charge on any atom is 0.188 e. The highest BCUT2D eigenvalue weighted by atomic mass is 16.7. The van der Waals surface area contributed by atoms with Crippen molar-refractivity contribution in [2.45, 2.75) is 0 Å². The van der Waals surface area contributed by atoms with E-state index in [0.29, 0.717) is 5.57 Å². The van der Waals surface area contributed by atoms with Gasteiger partial charge in [-0.2, -0.15) is 0 Å². The molecule has 0 aliphatic carbocycles. The molecule has 0 bridgehead atoms. The van der Waals surface area contributed by atoms with E-state index in [1.54, 1.807) is 0 Å². The standard InChI is InChI=1S/C12H20O8/c1-10(15)12(16)4-11(5-19-8-14)6-20-9-18-3-2-17-7-13/h4,6,13-16H,1-3,5,7-9H2/b11-6+,12-4+. The van der Waals surface area contributed by atoms with Gasteiger partial charge in [0.1, 0.15) is 19.3 Å². The molecular formula is C12H20O8. The normalized spacial score (nSPS) is 12.5. The molecule has 0 aromatic carbocycles. The van der Waals surface area contributed by atoms with Crippen LogP contribution in [0.1, 0.15) is 0 Å². The van der Waals surface area contributed by atoms with Crippen LogP contribution in [0.2, 0.25) is 0 Å². The zero-order chi connectivity index (χ0) is 15.2. The number of hydrogen-bond donors (Lipinski definition) is 4. The molecule has 20 heavy (non-hydrogen) atoms. The summed E-state index contributed by atoms with van der Waals surface area (Å²) in [5, 5.41) is 35.2. The molecule has 0 aromatic heterocycles. The van der Waals surface area contributed by atoms with E-state index in [1.165, 1.54) is 12.3 Å². The summed E-state index contributed by atoms with van der Waals surface area (Å²) in [7, 11) is 0. The Morgan fingerprint density at radius 3 is 2.25 bits per heavy atom. The smallest absolute Gasteiger partial charge is 0.188 e. The quantitative estimate of drug-likeness (QED) is 0.176. The van der Waals surface area contributed by atoms with E-state index >= 15 is 0 Å². The topological polar surface area (TPSA) is 118 Å². The molecule has 116 valence electrons. The second kappa shape index (κ2) is 12.5. The fourth-order valence-corrected chi connectivity index (χ4v) is 0.963. The highest BCUT2D eigenvalue weighted by molar-refractivity contribution is 5.26. The minimum atomic E-state index is -0.502. The number of aliphatic hydroxyl groups is 4. The summed E-state index contributed by atoms with van der Waals surface area (Å²) in [6.45, 7) is 2.63. The lowest BCUT2D eigenvalue weighted by Crippen LogP contribution is -2.07. The van der Waals surface area contributed by atoms with E-state index in [1.807, 2.05) is 0 Å². The van der Waals surface area contributed by atoms with Crippen LogP contribution in [-0.4, -0.2) is 60.6 Å². The van der Waals surface area contributed by atoms with Crippen LogP contribution in [0.4, 0.5) is 0 Å². The maximum absolute atomic E-state index is 9.32. The van der Waals surface area contributed by atoms with E-state index in [-0.39, 0.29) is 33.4 Å². The zero-order valence-electron chi connectivity index (χ0n) is 11.0. The molecule has 4 N–H and O–H groups in total. The van der Waals surface area contributed by atoms with Gasteiger partial charge in [0, 0.05) is 5.57 Å². The third-order valence-electron chi connectivity index (χ3n) is 1.83. The predicted molar refractivity (Wildman–Crippen MR) is 68.5 cm³/mol. The second-order valence-electron chi connectivity index (χ2n) is 3.38. The third kappa shape index (κ3) is 10.4. The second-order valence-corrected chi connectivity index (χ2v) is 3.38. The van der Waals surface area contributed by atoms with Gasteiger partial charge in [0.2, 0.25) is 0 Å². The van der Waals surface area contributed by atoms with Gasteiger partial charge >= 0.3 is 0 Å². The molecule has 0 saturated heterocycles. The molecule has 8 heteroatoms. The van der Waals surface area contributed by atoms with Crippen molar-refractivity contribution in [3.05, 3.63) is 36.0 Å². The lowest BCUT2D eigenvalue weighted by molar-refractivity contribution is -0.0642. The Bertz CT molecular complexity index is 323. The Balaban J connectivity index is 4.16. The molecule has 0 saturated carbocycles. The first kappa shape index (κ1) is 18.4. The number of aliphatic hydroxyl groups excluding tert-OH is 4. The fraction of sp³-hybridized carbons (Fsp3) is 0.500. The average molecular weight is 292 g/mol. The first-order valence-electron chi connectivity index (χ1n) is 5.66. The largest absolute Gasteiger partial charge is 0.505 e. The van der Waals surface area contributed by atoms with Gasteiger partial charge in [0.15, 0.2) is 12.6 Å². The van der Waals surface area contributed by atoms with Gasteiger partial charge in [0.05, 0.1) is 26.1 Å². The van der Waals surface area contributed by atoms with Gasteiger partial charge in [-0.25, -0.2) is 0 Å². The van der Waals surface area contributed by atoms with Crippen molar-refractivity contribution in [1.29, 1.82) is 0 Å². The van der Waals surface area contributed by atoms with Crippen LogP contribution in [0, 0.1) is 0 Å². The minimum absolute atomic E-state index is 0.0402. The lowest BCUT2D eigenvalue weighted by atomic mass is 10.2. The molecule has 0 amide bonds. The van der Waals surface area contributed by atoms with Crippen LogP contribution in [0.25, 0.3) is 0 Å². The van der Waals surface area contributed by atoms with Crippen LogP contribution in [0.5, 0.6) is 0 Å². The van der Waals surface area contributed by atoms with Crippen LogP contribution < -0.4 is 0 Å². The molecule has 0 aromatic rings. The predicted octanol–water partition coefficient (Wildman–Crippen LogP) is 0.307.